The molecule has 0 atom stereocenters. The van der Waals surface area contributed by atoms with Gasteiger partial charge in [0.15, 0.2) is 0 Å². The van der Waals surface area contributed by atoms with Crippen molar-refractivity contribution in [1.29, 1.82) is 0 Å². The van der Waals surface area contributed by atoms with E-state index >= 15 is 0 Å². The normalized spacial score (nSPS) is 10.7. The molecule has 0 aliphatic heterocycles. The van der Waals surface area contributed by atoms with Gasteiger partial charge in [0.25, 0.3) is 0 Å². The monoisotopic (exact) mass is 266 g/mol. The van der Waals surface area contributed by atoms with Crippen LogP contribution in [0.25, 0.3) is 0 Å². The number of hydrogen-bond donors (Lipinski definition) is 1. The molecule has 1 rings (SSSR count). The van der Waals surface area contributed by atoms with Crippen LogP contribution in [-0.4, -0.2) is 44.2 Å². The molecule has 18 heavy (non-hydrogen) atoms. The Morgan fingerprint density at radius 1 is 1.28 bits per heavy atom. The van der Waals surface area contributed by atoms with Crippen LogP contribution in [0.3, 0.4) is 0 Å². The zero-order valence-corrected chi connectivity index (χ0v) is 12.2. The van der Waals surface area contributed by atoms with Crippen LogP contribution >= 0.6 is 11.8 Å². The first-order valence-corrected chi connectivity index (χ1v) is 7.38. The molecule has 0 heterocycles. The molecule has 0 saturated heterocycles. The SMILES string of the molecule is CSc1ccc(CCNC(=O)CCN(C)C)cc1. The summed E-state index contributed by atoms with van der Waals surface area (Å²) >= 11 is 1.74. The highest BCUT2D eigenvalue weighted by molar-refractivity contribution is 7.98. The Labute approximate surface area is 114 Å². The predicted octanol–water partition coefficient (Wildman–Crippen LogP) is 2.02. The number of rotatable bonds is 7. The number of amides is 1. The van der Waals surface area contributed by atoms with Gasteiger partial charge >= 0.3 is 0 Å². The molecule has 1 amide bonds. The molecular weight excluding hydrogens is 244 g/mol. The summed E-state index contributed by atoms with van der Waals surface area (Å²) in [6, 6.07) is 8.48. The van der Waals surface area contributed by atoms with E-state index in [0.717, 1.165) is 13.0 Å². The standard InChI is InChI=1S/C14H22N2OS/c1-16(2)11-9-14(17)15-10-8-12-4-6-13(18-3)7-5-12/h4-7H,8-11H2,1-3H3,(H,15,17). The number of carbonyl (C=O) groups is 1. The van der Waals surface area contributed by atoms with E-state index in [1.54, 1.807) is 11.8 Å². The molecule has 0 unspecified atom stereocenters. The van der Waals surface area contributed by atoms with Crippen LogP contribution in [0, 0.1) is 0 Å². The summed E-state index contributed by atoms with van der Waals surface area (Å²) in [4.78, 5) is 14.8. The zero-order valence-electron chi connectivity index (χ0n) is 11.4. The molecule has 100 valence electrons. The highest BCUT2D eigenvalue weighted by atomic mass is 32.2. The smallest absolute Gasteiger partial charge is 0.221 e. The van der Waals surface area contributed by atoms with Crippen LogP contribution in [0.4, 0.5) is 0 Å². The summed E-state index contributed by atoms with van der Waals surface area (Å²) < 4.78 is 0. The van der Waals surface area contributed by atoms with Gasteiger partial charge in [-0.2, -0.15) is 0 Å². The molecule has 0 fully saturated rings. The summed E-state index contributed by atoms with van der Waals surface area (Å²) in [5.41, 5.74) is 1.26. The molecule has 1 aromatic carbocycles. The topological polar surface area (TPSA) is 32.3 Å². The second-order valence-electron chi connectivity index (χ2n) is 4.50. The fraction of sp³-hybridized carbons (Fsp3) is 0.500. The highest BCUT2D eigenvalue weighted by Gasteiger charge is 2.01. The first-order valence-electron chi connectivity index (χ1n) is 6.16. The van der Waals surface area contributed by atoms with Crippen molar-refractivity contribution in [3.05, 3.63) is 29.8 Å². The molecule has 3 nitrogen and oxygen atoms in total. The Morgan fingerprint density at radius 3 is 2.50 bits per heavy atom. The molecular formula is C14H22N2OS. The van der Waals surface area contributed by atoms with Crippen molar-refractivity contribution in [2.45, 2.75) is 17.7 Å². The van der Waals surface area contributed by atoms with E-state index in [0.29, 0.717) is 13.0 Å². The second kappa shape index (κ2) is 8.16. The lowest BCUT2D eigenvalue weighted by Gasteiger charge is -2.09. The molecule has 0 radical (unpaired) electrons. The van der Waals surface area contributed by atoms with Crippen LogP contribution in [-0.2, 0) is 11.2 Å². The van der Waals surface area contributed by atoms with Gasteiger partial charge in [-0.1, -0.05) is 12.1 Å². The minimum absolute atomic E-state index is 0.129. The minimum atomic E-state index is 0.129. The molecule has 0 aromatic heterocycles. The number of carbonyl (C=O) groups excluding carboxylic acids is 1. The Kier molecular flexibility index (Phi) is 6.83. The van der Waals surface area contributed by atoms with E-state index < -0.39 is 0 Å². The van der Waals surface area contributed by atoms with Crippen LogP contribution in [0.15, 0.2) is 29.2 Å². The van der Waals surface area contributed by atoms with Gasteiger partial charge < -0.3 is 10.2 Å². The van der Waals surface area contributed by atoms with E-state index in [-0.39, 0.29) is 5.91 Å². The first kappa shape index (κ1) is 15.1. The summed E-state index contributed by atoms with van der Waals surface area (Å²) in [7, 11) is 3.95. The molecule has 0 saturated carbocycles. The molecule has 1 aromatic rings. The van der Waals surface area contributed by atoms with Crippen LogP contribution in [0.5, 0.6) is 0 Å². The highest BCUT2D eigenvalue weighted by Crippen LogP contribution is 2.14. The maximum Gasteiger partial charge on any atom is 0.221 e. The lowest BCUT2D eigenvalue weighted by Crippen LogP contribution is -2.28. The number of benzene rings is 1. The number of nitrogens with zero attached hydrogens (tertiary/aromatic N) is 1. The molecule has 0 aliphatic rings. The summed E-state index contributed by atoms with van der Waals surface area (Å²) in [5.74, 6) is 0.129. The van der Waals surface area contributed by atoms with Gasteiger partial charge in [-0.3, -0.25) is 4.79 Å². The summed E-state index contributed by atoms with van der Waals surface area (Å²) in [5, 5.41) is 2.94. The number of nitrogens with one attached hydrogen (secondary N) is 1. The van der Waals surface area contributed by atoms with E-state index in [1.807, 2.05) is 19.0 Å². The average Bonchev–Trinajstić information content (AvgIpc) is 2.37. The molecule has 0 aliphatic carbocycles. The van der Waals surface area contributed by atoms with Gasteiger partial charge in [-0.05, 0) is 44.5 Å². The quantitative estimate of drug-likeness (QED) is 0.766. The van der Waals surface area contributed by atoms with Crippen molar-refractivity contribution in [2.24, 2.45) is 0 Å². The Balaban J connectivity index is 2.22. The van der Waals surface area contributed by atoms with E-state index in [2.05, 4.69) is 35.8 Å². The Morgan fingerprint density at radius 2 is 1.94 bits per heavy atom. The molecule has 4 heteroatoms. The largest absolute Gasteiger partial charge is 0.356 e. The van der Waals surface area contributed by atoms with E-state index in [4.69, 9.17) is 0 Å². The molecule has 0 bridgehead atoms. The van der Waals surface area contributed by atoms with Crippen molar-refractivity contribution >= 4 is 17.7 Å². The second-order valence-corrected chi connectivity index (χ2v) is 5.38. The lowest BCUT2D eigenvalue weighted by atomic mass is 10.1. The van der Waals surface area contributed by atoms with Crippen LogP contribution in [0.1, 0.15) is 12.0 Å². The van der Waals surface area contributed by atoms with Crippen molar-refractivity contribution in [3.8, 4) is 0 Å². The van der Waals surface area contributed by atoms with Gasteiger partial charge in [0.05, 0.1) is 0 Å². The third kappa shape index (κ3) is 6.07. The van der Waals surface area contributed by atoms with Gasteiger partial charge in [-0.15, -0.1) is 11.8 Å². The van der Waals surface area contributed by atoms with Crippen molar-refractivity contribution < 1.29 is 4.79 Å². The van der Waals surface area contributed by atoms with Gasteiger partial charge in [-0.25, -0.2) is 0 Å². The predicted molar refractivity (Wildman–Crippen MR) is 78.1 cm³/mol. The Bertz CT molecular complexity index is 363. The third-order valence-electron chi connectivity index (χ3n) is 2.68. The number of thioether (sulfide) groups is 1. The van der Waals surface area contributed by atoms with Crippen molar-refractivity contribution in [3.63, 3.8) is 0 Å². The van der Waals surface area contributed by atoms with Crippen molar-refractivity contribution in [2.75, 3.05) is 33.4 Å². The zero-order chi connectivity index (χ0) is 13.4. The van der Waals surface area contributed by atoms with Gasteiger partial charge in [0.1, 0.15) is 0 Å². The maximum absolute atomic E-state index is 11.5. The minimum Gasteiger partial charge on any atom is -0.356 e. The number of hydrogen-bond acceptors (Lipinski definition) is 3. The fourth-order valence-corrected chi connectivity index (χ4v) is 1.96. The fourth-order valence-electron chi connectivity index (χ4n) is 1.55. The molecule has 1 N–H and O–H groups in total. The van der Waals surface area contributed by atoms with E-state index in [1.165, 1.54) is 10.5 Å². The summed E-state index contributed by atoms with van der Waals surface area (Å²) in [6.07, 6.45) is 3.53. The Hall–Kier alpha value is -1.00. The third-order valence-corrected chi connectivity index (χ3v) is 3.42. The van der Waals surface area contributed by atoms with E-state index in [9.17, 15) is 4.79 Å². The lowest BCUT2D eigenvalue weighted by molar-refractivity contribution is -0.121. The van der Waals surface area contributed by atoms with Crippen LogP contribution < -0.4 is 5.32 Å². The first-order chi connectivity index (χ1) is 8.61. The summed E-state index contributed by atoms with van der Waals surface area (Å²) in [6.45, 7) is 1.51. The van der Waals surface area contributed by atoms with Gasteiger partial charge in [0.2, 0.25) is 5.91 Å². The maximum atomic E-state index is 11.5. The van der Waals surface area contributed by atoms with Gasteiger partial charge in [0, 0.05) is 24.4 Å². The molecule has 0 spiro atoms. The average molecular weight is 266 g/mol. The van der Waals surface area contributed by atoms with Crippen molar-refractivity contribution in [1.82, 2.24) is 10.2 Å². The van der Waals surface area contributed by atoms with Crippen LogP contribution in [0.2, 0.25) is 0 Å².